The highest BCUT2D eigenvalue weighted by Crippen LogP contribution is 2.12. The first-order valence-electron chi connectivity index (χ1n) is 6.63. The van der Waals surface area contributed by atoms with Crippen LogP contribution in [0.4, 0.5) is 5.69 Å². The van der Waals surface area contributed by atoms with Gasteiger partial charge in [-0.15, -0.1) is 0 Å². The van der Waals surface area contributed by atoms with Crippen LogP contribution in [-0.4, -0.2) is 27.9 Å². The summed E-state index contributed by atoms with van der Waals surface area (Å²) in [5.74, 6) is -1.02. The first-order valence-corrected chi connectivity index (χ1v) is 7.01. The third-order valence-electron chi connectivity index (χ3n) is 2.82. The van der Waals surface area contributed by atoms with Crippen LogP contribution in [0.5, 0.6) is 0 Å². The smallest absolute Gasteiger partial charge is 0.339 e. The second kappa shape index (κ2) is 7.51. The van der Waals surface area contributed by atoms with E-state index in [1.807, 2.05) is 0 Å². The number of pyridine rings is 2. The standard InChI is InChI=1S/C15H14ClN3O3/c1-2-12(14(20)19-11-4-6-17-7-5-11)22-15(21)10-3-8-18-13(16)9-10/h3-9,12H,2H2,1H3,(H,17,19,20). The van der Waals surface area contributed by atoms with Gasteiger partial charge in [-0.3, -0.25) is 9.78 Å². The summed E-state index contributed by atoms with van der Waals surface area (Å²) in [6.45, 7) is 1.75. The lowest BCUT2D eigenvalue weighted by Crippen LogP contribution is -2.32. The molecule has 7 heteroatoms. The van der Waals surface area contributed by atoms with E-state index in [9.17, 15) is 9.59 Å². The van der Waals surface area contributed by atoms with Crippen molar-refractivity contribution >= 4 is 29.2 Å². The molecule has 2 aromatic rings. The monoisotopic (exact) mass is 319 g/mol. The lowest BCUT2D eigenvalue weighted by molar-refractivity contribution is -0.124. The zero-order valence-electron chi connectivity index (χ0n) is 11.8. The molecule has 0 fully saturated rings. The van der Waals surface area contributed by atoms with Gasteiger partial charge in [0, 0.05) is 24.3 Å². The number of anilines is 1. The van der Waals surface area contributed by atoms with Gasteiger partial charge in [0.05, 0.1) is 5.56 Å². The van der Waals surface area contributed by atoms with E-state index in [0.29, 0.717) is 12.1 Å². The Morgan fingerprint density at radius 3 is 2.64 bits per heavy atom. The van der Waals surface area contributed by atoms with Gasteiger partial charge in [0.1, 0.15) is 5.15 Å². The van der Waals surface area contributed by atoms with Crippen molar-refractivity contribution in [2.24, 2.45) is 0 Å². The van der Waals surface area contributed by atoms with E-state index in [4.69, 9.17) is 16.3 Å². The van der Waals surface area contributed by atoms with E-state index in [0.717, 1.165) is 0 Å². The van der Waals surface area contributed by atoms with Gasteiger partial charge in [-0.05, 0) is 30.7 Å². The number of rotatable bonds is 5. The molecule has 0 saturated carbocycles. The third kappa shape index (κ3) is 4.26. The van der Waals surface area contributed by atoms with Crippen LogP contribution in [-0.2, 0) is 9.53 Å². The third-order valence-corrected chi connectivity index (χ3v) is 3.03. The molecule has 0 radical (unpaired) electrons. The van der Waals surface area contributed by atoms with Crippen LogP contribution in [0.25, 0.3) is 0 Å². The van der Waals surface area contributed by atoms with Crippen molar-refractivity contribution in [1.82, 2.24) is 9.97 Å². The molecule has 0 spiro atoms. The summed E-state index contributed by atoms with van der Waals surface area (Å²) in [6, 6.07) is 6.16. The zero-order chi connectivity index (χ0) is 15.9. The maximum atomic E-state index is 12.1. The number of nitrogens with zero attached hydrogens (tertiary/aromatic N) is 2. The summed E-state index contributed by atoms with van der Waals surface area (Å²) >= 11 is 5.73. The highest BCUT2D eigenvalue weighted by molar-refractivity contribution is 6.29. The predicted molar refractivity (Wildman–Crippen MR) is 81.6 cm³/mol. The minimum atomic E-state index is -0.896. The normalized spacial score (nSPS) is 11.5. The molecule has 2 rings (SSSR count). The van der Waals surface area contributed by atoms with Crippen LogP contribution in [0.15, 0.2) is 42.9 Å². The highest BCUT2D eigenvalue weighted by Gasteiger charge is 2.22. The van der Waals surface area contributed by atoms with Crippen molar-refractivity contribution in [3.8, 4) is 0 Å². The fourth-order valence-corrected chi connectivity index (χ4v) is 1.88. The summed E-state index contributed by atoms with van der Waals surface area (Å²) in [4.78, 5) is 31.8. The Morgan fingerprint density at radius 1 is 1.27 bits per heavy atom. The Bertz CT molecular complexity index is 664. The van der Waals surface area contributed by atoms with Crippen molar-refractivity contribution in [3.05, 3.63) is 53.6 Å². The molecule has 114 valence electrons. The van der Waals surface area contributed by atoms with Gasteiger partial charge in [0.15, 0.2) is 6.10 Å². The average molecular weight is 320 g/mol. The van der Waals surface area contributed by atoms with Crippen LogP contribution >= 0.6 is 11.6 Å². The molecular formula is C15H14ClN3O3. The van der Waals surface area contributed by atoms with Crippen molar-refractivity contribution in [2.75, 3.05) is 5.32 Å². The first kappa shape index (κ1) is 15.9. The number of nitrogens with one attached hydrogen (secondary N) is 1. The van der Waals surface area contributed by atoms with Crippen molar-refractivity contribution in [3.63, 3.8) is 0 Å². The van der Waals surface area contributed by atoms with Crippen LogP contribution in [0, 0.1) is 0 Å². The van der Waals surface area contributed by atoms with Crippen LogP contribution < -0.4 is 5.32 Å². The maximum absolute atomic E-state index is 12.1. The SMILES string of the molecule is CCC(OC(=O)c1ccnc(Cl)c1)C(=O)Nc1ccncc1. The Kier molecular flexibility index (Phi) is 5.43. The van der Waals surface area contributed by atoms with Crippen LogP contribution in [0.3, 0.4) is 0 Å². The van der Waals surface area contributed by atoms with Crippen molar-refractivity contribution < 1.29 is 14.3 Å². The molecule has 0 aliphatic rings. The second-order valence-corrected chi connectivity index (χ2v) is 4.78. The average Bonchev–Trinajstić information content (AvgIpc) is 2.53. The highest BCUT2D eigenvalue weighted by atomic mass is 35.5. The lowest BCUT2D eigenvalue weighted by Gasteiger charge is -2.16. The number of halogens is 1. The summed E-state index contributed by atoms with van der Waals surface area (Å²) in [6.07, 6.45) is 3.97. The van der Waals surface area contributed by atoms with E-state index in [-0.39, 0.29) is 10.7 Å². The molecule has 1 atom stereocenters. The summed E-state index contributed by atoms with van der Waals surface area (Å²) < 4.78 is 5.22. The lowest BCUT2D eigenvalue weighted by atomic mass is 10.2. The molecule has 0 aliphatic heterocycles. The Morgan fingerprint density at radius 2 is 2.00 bits per heavy atom. The number of aromatic nitrogens is 2. The molecule has 1 N–H and O–H groups in total. The zero-order valence-corrected chi connectivity index (χ0v) is 12.6. The summed E-state index contributed by atoms with van der Waals surface area (Å²) in [7, 11) is 0. The molecule has 2 heterocycles. The van der Waals surface area contributed by atoms with E-state index in [1.165, 1.54) is 18.3 Å². The van der Waals surface area contributed by atoms with Gasteiger partial charge in [0.25, 0.3) is 5.91 Å². The van der Waals surface area contributed by atoms with Crippen molar-refractivity contribution in [1.29, 1.82) is 0 Å². The second-order valence-electron chi connectivity index (χ2n) is 4.39. The Labute approximate surface area is 132 Å². The number of hydrogen-bond donors (Lipinski definition) is 1. The van der Waals surface area contributed by atoms with Crippen molar-refractivity contribution in [2.45, 2.75) is 19.4 Å². The molecule has 0 saturated heterocycles. The minimum Gasteiger partial charge on any atom is -0.449 e. The number of carbonyl (C=O) groups excluding carboxylic acids is 2. The summed E-state index contributed by atoms with van der Waals surface area (Å²) in [5, 5.41) is 2.85. The fraction of sp³-hybridized carbons (Fsp3) is 0.200. The van der Waals surface area contributed by atoms with Gasteiger partial charge in [0.2, 0.25) is 0 Å². The number of ether oxygens (including phenoxy) is 1. The topological polar surface area (TPSA) is 81.2 Å². The molecule has 6 nitrogen and oxygen atoms in total. The van der Waals surface area contributed by atoms with Gasteiger partial charge in [-0.1, -0.05) is 18.5 Å². The number of carbonyl (C=O) groups is 2. The quantitative estimate of drug-likeness (QED) is 0.677. The largest absolute Gasteiger partial charge is 0.449 e. The van der Waals surface area contributed by atoms with E-state index in [1.54, 1.807) is 31.5 Å². The van der Waals surface area contributed by atoms with Gasteiger partial charge in [-0.25, -0.2) is 9.78 Å². The molecule has 0 aromatic carbocycles. The van der Waals surface area contributed by atoms with Crippen LogP contribution in [0.2, 0.25) is 5.15 Å². The number of esters is 1. The van der Waals surface area contributed by atoms with E-state index in [2.05, 4.69) is 15.3 Å². The van der Waals surface area contributed by atoms with Crippen LogP contribution in [0.1, 0.15) is 23.7 Å². The minimum absolute atomic E-state index is 0.184. The first-order chi connectivity index (χ1) is 10.6. The molecule has 1 unspecified atom stereocenters. The molecular weight excluding hydrogens is 306 g/mol. The molecule has 0 aliphatic carbocycles. The van der Waals surface area contributed by atoms with Gasteiger partial charge in [-0.2, -0.15) is 0 Å². The maximum Gasteiger partial charge on any atom is 0.339 e. The van der Waals surface area contributed by atoms with Gasteiger partial charge >= 0.3 is 5.97 Å². The summed E-state index contributed by atoms with van der Waals surface area (Å²) in [5.41, 5.74) is 0.830. The molecule has 2 aromatic heterocycles. The molecule has 22 heavy (non-hydrogen) atoms. The van der Waals surface area contributed by atoms with E-state index < -0.39 is 18.0 Å². The Balaban J connectivity index is 2.02. The Hall–Kier alpha value is -2.47. The number of amides is 1. The van der Waals surface area contributed by atoms with E-state index >= 15 is 0 Å². The fourth-order valence-electron chi connectivity index (χ4n) is 1.71. The predicted octanol–water partition coefficient (Wildman–Crippen LogP) is 2.70. The number of hydrogen-bond acceptors (Lipinski definition) is 5. The molecule has 1 amide bonds. The van der Waals surface area contributed by atoms with Gasteiger partial charge < -0.3 is 10.1 Å². The molecule has 0 bridgehead atoms.